The number of para-hydroxylation sites is 1. The van der Waals surface area contributed by atoms with Crippen molar-refractivity contribution in [2.24, 2.45) is 0 Å². The van der Waals surface area contributed by atoms with Crippen LogP contribution < -0.4 is 18.9 Å². The smallest absolute Gasteiger partial charge is 0.322 e. The molecule has 146 valence electrons. The van der Waals surface area contributed by atoms with Gasteiger partial charge in [-0.2, -0.15) is 0 Å². The Hall–Kier alpha value is -3.40. The first-order valence-corrected chi connectivity index (χ1v) is 9.40. The van der Waals surface area contributed by atoms with E-state index in [1.54, 1.807) is 12.1 Å². The predicted molar refractivity (Wildman–Crippen MR) is 98.9 cm³/mol. The van der Waals surface area contributed by atoms with Crippen molar-refractivity contribution in [1.82, 2.24) is 9.97 Å². The largest absolute Gasteiger partial charge is 0.497 e. The number of halogens is 1. The summed E-state index contributed by atoms with van der Waals surface area (Å²) >= 11 is 0. The van der Waals surface area contributed by atoms with Gasteiger partial charge < -0.3 is 14.2 Å². The molecule has 0 aliphatic carbocycles. The summed E-state index contributed by atoms with van der Waals surface area (Å²) in [6.07, 6.45) is 2.40. The fraction of sp³-hybridized carbons (Fsp3) is 0.111. The van der Waals surface area contributed by atoms with Crippen LogP contribution in [-0.4, -0.2) is 32.6 Å². The fourth-order valence-electron chi connectivity index (χ4n) is 2.25. The van der Waals surface area contributed by atoms with Gasteiger partial charge in [-0.1, -0.05) is 12.1 Å². The van der Waals surface area contributed by atoms with E-state index in [0.717, 1.165) is 0 Å². The minimum absolute atomic E-state index is 0.0445. The molecular weight excluding hydrogens is 389 g/mol. The van der Waals surface area contributed by atoms with Crippen molar-refractivity contribution in [3.8, 4) is 23.3 Å². The quantitative estimate of drug-likeness (QED) is 0.644. The molecule has 0 aliphatic heterocycles. The summed E-state index contributed by atoms with van der Waals surface area (Å²) in [5, 5.41) is 0. The molecule has 0 spiro atoms. The Morgan fingerprint density at radius 2 is 1.68 bits per heavy atom. The highest BCUT2D eigenvalue weighted by atomic mass is 32.2. The Bertz CT molecular complexity index is 1070. The highest BCUT2D eigenvalue weighted by Crippen LogP contribution is 2.29. The Balaban J connectivity index is 1.81. The third-order valence-electron chi connectivity index (χ3n) is 3.58. The Kier molecular flexibility index (Phi) is 5.59. The second kappa shape index (κ2) is 8.09. The zero-order valence-corrected chi connectivity index (χ0v) is 15.7. The maximum Gasteiger partial charge on any atom is 0.322 e. The van der Waals surface area contributed by atoms with Gasteiger partial charge in [0.1, 0.15) is 16.4 Å². The number of hydrogen-bond donors (Lipinski definition) is 1. The first kappa shape index (κ1) is 19.4. The van der Waals surface area contributed by atoms with E-state index in [1.165, 1.54) is 56.9 Å². The number of nitrogens with zero attached hydrogens (tertiary/aromatic N) is 2. The van der Waals surface area contributed by atoms with Gasteiger partial charge in [-0.15, -0.1) is 0 Å². The zero-order chi connectivity index (χ0) is 20.1. The minimum atomic E-state index is -4.00. The van der Waals surface area contributed by atoms with Gasteiger partial charge in [0.15, 0.2) is 11.6 Å². The molecule has 10 heteroatoms. The molecule has 28 heavy (non-hydrogen) atoms. The maximum atomic E-state index is 13.6. The van der Waals surface area contributed by atoms with Gasteiger partial charge in [0.25, 0.3) is 10.0 Å². The molecule has 1 N–H and O–H groups in total. The fourth-order valence-corrected chi connectivity index (χ4v) is 3.46. The van der Waals surface area contributed by atoms with E-state index in [2.05, 4.69) is 14.7 Å². The van der Waals surface area contributed by atoms with Gasteiger partial charge in [-0.25, -0.2) is 22.8 Å². The second-order valence-electron chi connectivity index (χ2n) is 5.41. The van der Waals surface area contributed by atoms with Crippen LogP contribution in [-0.2, 0) is 10.0 Å². The van der Waals surface area contributed by atoms with Crippen LogP contribution >= 0.6 is 0 Å². The van der Waals surface area contributed by atoms with Gasteiger partial charge in [-0.3, -0.25) is 4.72 Å². The standard InChI is InChI=1S/C18H16FN3O5S/c1-25-13-7-8-16(26-2)17(9-13)28(23,24)22-12-10-20-18(21-11-12)27-15-6-4-3-5-14(15)19/h3-11,22H,1-2H3. The van der Waals surface area contributed by atoms with E-state index in [0.29, 0.717) is 5.75 Å². The Morgan fingerprint density at radius 1 is 0.964 bits per heavy atom. The van der Waals surface area contributed by atoms with E-state index in [9.17, 15) is 12.8 Å². The Labute approximate surface area is 161 Å². The topological polar surface area (TPSA) is 99.6 Å². The van der Waals surface area contributed by atoms with Crippen molar-refractivity contribution < 1.29 is 27.0 Å². The third-order valence-corrected chi connectivity index (χ3v) is 4.98. The van der Waals surface area contributed by atoms with E-state index in [4.69, 9.17) is 14.2 Å². The lowest BCUT2D eigenvalue weighted by molar-refractivity contribution is 0.392. The van der Waals surface area contributed by atoms with Crippen molar-refractivity contribution in [2.75, 3.05) is 18.9 Å². The number of hydrogen-bond acceptors (Lipinski definition) is 7. The van der Waals surface area contributed by atoms with Gasteiger partial charge in [0.2, 0.25) is 0 Å². The van der Waals surface area contributed by atoms with Crippen LogP contribution in [0.5, 0.6) is 23.3 Å². The lowest BCUT2D eigenvalue weighted by atomic mass is 10.3. The second-order valence-corrected chi connectivity index (χ2v) is 7.06. The molecule has 8 nitrogen and oxygen atoms in total. The molecule has 1 heterocycles. The highest BCUT2D eigenvalue weighted by molar-refractivity contribution is 7.92. The first-order valence-electron chi connectivity index (χ1n) is 7.92. The molecule has 0 fully saturated rings. The number of ether oxygens (including phenoxy) is 3. The van der Waals surface area contributed by atoms with Gasteiger partial charge in [0.05, 0.1) is 32.3 Å². The van der Waals surface area contributed by atoms with Crippen molar-refractivity contribution in [3.63, 3.8) is 0 Å². The lowest BCUT2D eigenvalue weighted by Crippen LogP contribution is -2.14. The average molecular weight is 405 g/mol. The molecule has 0 saturated carbocycles. The number of anilines is 1. The first-order chi connectivity index (χ1) is 13.4. The Morgan fingerprint density at radius 3 is 2.32 bits per heavy atom. The van der Waals surface area contributed by atoms with Crippen LogP contribution in [0.15, 0.2) is 59.8 Å². The third kappa shape index (κ3) is 4.29. The van der Waals surface area contributed by atoms with Crippen LogP contribution in [0.4, 0.5) is 10.1 Å². The molecule has 0 atom stereocenters. The van der Waals surface area contributed by atoms with Crippen LogP contribution in [0, 0.1) is 5.82 Å². The van der Waals surface area contributed by atoms with Crippen molar-refractivity contribution in [1.29, 1.82) is 0 Å². The summed E-state index contributed by atoms with van der Waals surface area (Å²) in [4.78, 5) is 7.66. The molecule has 1 aromatic heterocycles. The van der Waals surface area contributed by atoms with Gasteiger partial charge in [-0.05, 0) is 24.3 Å². The number of aromatic nitrogens is 2. The number of nitrogens with one attached hydrogen (secondary N) is 1. The molecule has 0 bridgehead atoms. The summed E-state index contributed by atoms with van der Waals surface area (Å²) in [6.45, 7) is 0. The monoisotopic (exact) mass is 405 g/mol. The van der Waals surface area contributed by atoms with Crippen molar-refractivity contribution in [2.45, 2.75) is 4.90 Å². The molecule has 0 saturated heterocycles. The number of sulfonamides is 1. The summed E-state index contributed by atoms with van der Waals surface area (Å²) in [7, 11) is -1.22. The molecule has 0 aliphatic rings. The molecule has 3 aromatic rings. The van der Waals surface area contributed by atoms with E-state index < -0.39 is 15.8 Å². The number of rotatable bonds is 7. The van der Waals surface area contributed by atoms with Crippen LogP contribution in [0.2, 0.25) is 0 Å². The van der Waals surface area contributed by atoms with E-state index in [1.807, 2.05) is 0 Å². The van der Waals surface area contributed by atoms with E-state index >= 15 is 0 Å². The molecule has 0 unspecified atom stereocenters. The molecule has 0 amide bonds. The summed E-state index contributed by atoms with van der Waals surface area (Å²) in [5.74, 6) is -0.113. The zero-order valence-electron chi connectivity index (χ0n) is 14.9. The van der Waals surface area contributed by atoms with Crippen LogP contribution in [0.25, 0.3) is 0 Å². The number of benzene rings is 2. The van der Waals surface area contributed by atoms with Crippen LogP contribution in [0.3, 0.4) is 0 Å². The highest BCUT2D eigenvalue weighted by Gasteiger charge is 2.21. The van der Waals surface area contributed by atoms with Gasteiger partial charge >= 0.3 is 6.01 Å². The van der Waals surface area contributed by atoms with Crippen molar-refractivity contribution in [3.05, 3.63) is 60.7 Å². The van der Waals surface area contributed by atoms with E-state index in [-0.39, 0.29) is 28.1 Å². The van der Waals surface area contributed by atoms with Gasteiger partial charge in [0, 0.05) is 6.07 Å². The summed E-state index contributed by atoms with van der Waals surface area (Å²) < 4.78 is 56.7. The molecule has 3 rings (SSSR count). The number of methoxy groups -OCH3 is 2. The molecular formula is C18H16FN3O5S. The normalized spacial score (nSPS) is 11.0. The predicted octanol–water partition coefficient (Wildman–Crippen LogP) is 3.23. The minimum Gasteiger partial charge on any atom is -0.497 e. The average Bonchev–Trinajstić information content (AvgIpc) is 2.70. The SMILES string of the molecule is COc1ccc(OC)c(S(=O)(=O)Nc2cnc(Oc3ccccc3F)nc2)c1. The molecule has 0 radical (unpaired) electrons. The lowest BCUT2D eigenvalue weighted by Gasteiger charge is -2.12. The molecule has 2 aromatic carbocycles. The summed E-state index contributed by atoms with van der Waals surface area (Å²) in [5.41, 5.74) is 0.0887. The van der Waals surface area contributed by atoms with Crippen LogP contribution in [0.1, 0.15) is 0 Å². The summed E-state index contributed by atoms with van der Waals surface area (Å²) in [6, 6.07) is 10.0. The van der Waals surface area contributed by atoms with Crippen molar-refractivity contribution >= 4 is 15.7 Å². The maximum absolute atomic E-state index is 13.6.